The number of imidazole rings is 1. The minimum atomic E-state index is -0.0121. The molecule has 0 atom stereocenters. The number of carbonyl (C=O) groups is 1. The Hall–Kier alpha value is -3.02. The van der Waals surface area contributed by atoms with Crippen molar-refractivity contribution in [1.82, 2.24) is 14.9 Å². The Morgan fingerprint density at radius 3 is 2.44 bits per heavy atom. The third-order valence-corrected chi connectivity index (χ3v) is 6.20. The number of unbranched alkanes of at least 4 members (excludes halogenated alkanes) is 6. The van der Waals surface area contributed by atoms with Gasteiger partial charge >= 0.3 is 0 Å². The predicted octanol–water partition coefficient (Wildman–Crippen LogP) is 5.71. The Balaban J connectivity index is 1.53. The third kappa shape index (κ3) is 7.24. The summed E-state index contributed by atoms with van der Waals surface area (Å²) in [5, 5.41) is 3.05. The second-order valence-corrected chi connectivity index (χ2v) is 8.76. The lowest BCUT2D eigenvalue weighted by Crippen LogP contribution is -2.28. The van der Waals surface area contributed by atoms with Crippen LogP contribution in [0.15, 0.2) is 42.5 Å². The standard InChI is InChI=1S/C28H39N3O3/c1-4-5-6-7-8-9-12-19-31-24-14-11-10-13-23(24)30-27(31)17-18-29-28(32)21-22-15-16-25(33-2)26(20-22)34-3/h10-11,13-16,20H,4-9,12,17-19,21H2,1-3H3,(H,29,32). The van der Waals surface area contributed by atoms with Crippen molar-refractivity contribution in [1.29, 1.82) is 0 Å². The van der Waals surface area contributed by atoms with Gasteiger partial charge in [0.25, 0.3) is 0 Å². The van der Waals surface area contributed by atoms with Gasteiger partial charge in [0.2, 0.25) is 5.91 Å². The Morgan fingerprint density at radius 1 is 0.941 bits per heavy atom. The summed E-state index contributed by atoms with van der Waals surface area (Å²) in [4.78, 5) is 17.4. The molecular formula is C28H39N3O3. The van der Waals surface area contributed by atoms with Gasteiger partial charge in [-0.1, -0.05) is 63.6 Å². The van der Waals surface area contributed by atoms with Crippen molar-refractivity contribution in [2.24, 2.45) is 0 Å². The van der Waals surface area contributed by atoms with Crippen LogP contribution in [-0.4, -0.2) is 36.2 Å². The van der Waals surface area contributed by atoms with Gasteiger partial charge in [-0.05, 0) is 36.2 Å². The highest BCUT2D eigenvalue weighted by Crippen LogP contribution is 2.27. The van der Waals surface area contributed by atoms with Crippen LogP contribution in [0.5, 0.6) is 11.5 Å². The van der Waals surface area contributed by atoms with Gasteiger partial charge in [0.05, 0.1) is 31.7 Å². The van der Waals surface area contributed by atoms with E-state index in [1.54, 1.807) is 14.2 Å². The summed E-state index contributed by atoms with van der Waals surface area (Å²) in [5.74, 6) is 2.32. The van der Waals surface area contributed by atoms with Crippen LogP contribution in [0.3, 0.4) is 0 Å². The first-order chi connectivity index (χ1) is 16.7. The fourth-order valence-corrected chi connectivity index (χ4v) is 4.34. The van der Waals surface area contributed by atoms with E-state index in [0.717, 1.165) is 29.9 Å². The Morgan fingerprint density at radius 2 is 1.68 bits per heavy atom. The molecule has 0 aliphatic heterocycles. The van der Waals surface area contributed by atoms with Gasteiger partial charge in [-0.2, -0.15) is 0 Å². The van der Waals surface area contributed by atoms with Gasteiger partial charge < -0.3 is 19.4 Å². The Bertz CT molecular complexity index is 1040. The van der Waals surface area contributed by atoms with E-state index in [9.17, 15) is 4.79 Å². The number of hydrogen-bond acceptors (Lipinski definition) is 4. The molecule has 0 aliphatic carbocycles. The molecule has 1 N–H and O–H groups in total. The monoisotopic (exact) mass is 465 g/mol. The zero-order valence-electron chi connectivity index (χ0n) is 20.9. The smallest absolute Gasteiger partial charge is 0.224 e. The third-order valence-electron chi connectivity index (χ3n) is 6.20. The molecule has 34 heavy (non-hydrogen) atoms. The average Bonchev–Trinajstić information content (AvgIpc) is 3.20. The van der Waals surface area contributed by atoms with E-state index < -0.39 is 0 Å². The highest BCUT2D eigenvalue weighted by molar-refractivity contribution is 5.79. The van der Waals surface area contributed by atoms with Gasteiger partial charge in [-0.15, -0.1) is 0 Å². The highest BCUT2D eigenvalue weighted by Gasteiger charge is 2.12. The number of hydrogen-bond donors (Lipinski definition) is 1. The second-order valence-electron chi connectivity index (χ2n) is 8.76. The first-order valence-electron chi connectivity index (χ1n) is 12.6. The van der Waals surface area contributed by atoms with Crippen molar-refractivity contribution in [3.05, 3.63) is 53.9 Å². The zero-order chi connectivity index (χ0) is 24.2. The number of para-hydroxylation sites is 2. The minimum absolute atomic E-state index is 0.0121. The average molecular weight is 466 g/mol. The van der Waals surface area contributed by atoms with Gasteiger partial charge in [0.15, 0.2) is 11.5 Å². The Labute approximate surface area is 203 Å². The van der Waals surface area contributed by atoms with Crippen LogP contribution in [0.25, 0.3) is 11.0 Å². The lowest BCUT2D eigenvalue weighted by Gasteiger charge is -2.11. The number of aromatic nitrogens is 2. The molecule has 1 amide bonds. The summed E-state index contributed by atoms with van der Waals surface area (Å²) in [6.45, 7) is 3.79. The van der Waals surface area contributed by atoms with Crippen LogP contribution in [0.4, 0.5) is 0 Å². The predicted molar refractivity (Wildman–Crippen MR) is 138 cm³/mol. The summed E-state index contributed by atoms with van der Waals surface area (Å²) < 4.78 is 12.9. The first kappa shape index (κ1) is 25.6. The molecule has 1 heterocycles. The summed E-state index contributed by atoms with van der Waals surface area (Å²) in [6, 6.07) is 13.9. The molecule has 1 aromatic heterocycles. The molecule has 0 fully saturated rings. The van der Waals surface area contributed by atoms with Crippen molar-refractivity contribution in [2.45, 2.75) is 71.3 Å². The van der Waals surface area contributed by atoms with Gasteiger partial charge in [-0.25, -0.2) is 4.98 Å². The van der Waals surface area contributed by atoms with Crippen LogP contribution in [0.2, 0.25) is 0 Å². The molecule has 0 unspecified atom stereocenters. The maximum Gasteiger partial charge on any atom is 0.224 e. The van der Waals surface area contributed by atoms with Crippen LogP contribution in [0, 0.1) is 0 Å². The van der Waals surface area contributed by atoms with E-state index in [-0.39, 0.29) is 5.91 Å². The number of carbonyl (C=O) groups excluding carboxylic acids is 1. The largest absolute Gasteiger partial charge is 0.493 e. The summed E-state index contributed by atoms with van der Waals surface area (Å²) in [7, 11) is 3.20. The number of ether oxygens (including phenoxy) is 2. The number of amides is 1. The molecule has 2 aromatic carbocycles. The lowest BCUT2D eigenvalue weighted by molar-refractivity contribution is -0.120. The molecule has 0 saturated heterocycles. The molecule has 0 aliphatic rings. The van der Waals surface area contributed by atoms with Crippen molar-refractivity contribution in [2.75, 3.05) is 20.8 Å². The van der Waals surface area contributed by atoms with E-state index in [2.05, 4.69) is 35.0 Å². The number of methoxy groups -OCH3 is 2. The van der Waals surface area contributed by atoms with Crippen LogP contribution in [-0.2, 0) is 24.2 Å². The molecule has 0 spiro atoms. The van der Waals surface area contributed by atoms with Crippen molar-refractivity contribution in [3.63, 3.8) is 0 Å². The topological polar surface area (TPSA) is 65.4 Å². The number of fused-ring (bicyclic) bond motifs is 1. The van der Waals surface area contributed by atoms with Crippen LogP contribution >= 0.6 is 0 Å². The number of benzene rings is 2. The van der Waals surface area contributed by atoms with Crippen molar-refractivity contribution in [3.8, 4) is 11.5 Å². The normalized spacial score (nSPS) is 11.0. The zero-order valence-corrected chi connectivity index (χ0v) is 20.9. The van der Waals surface area contributed by atoms with E-state index in [1.807, 2.05) is 24.3 Å². The quantitative estimate of drug-likeness (QED) is 0.292. The minimum Gasteiger partial charge on any atom is -0.493 e. The molecule has 0 bridgehead atoms. The van der Waals surface area contributed by atoms with E-state index >= 15 is 0 Å². The summed E-state index contributed by atoms with van der Waals surface area (Å²) in [6.07, 6.45) is 10.0. The van der Waals surface area contributed by atoms with E-state index in [4.69, 9.17) is 14.5 Å². The highest BCUT2D eigenvalue weighted by atomic mass is 16.5. The first-order valence-corrected chi connectivity index (χ1v) is 12.6. The molecule has 0 radical (unpaired) electrons. The molecule has 6 nitrogen and oxygen atoms in total. The molecule has 3 rings (SSSR count). The maximum absolute atomic E-state index is 12.5. The summed E-state index contributed by atoms with van der Waals surface area (Å²) >= 11 is 0. The van der Waals surface area contributed by atoms with Crippen LogP contribution in [0.1, 0.15) is 63.3 Å². The fraction of sp³-hybridized carbons (Fsp3) is 0.500. The molecule has 6 heteroatoms. The molecule has 3 aromatic rings. The van der Waals surface area contributed by atoms with Crippen LogP contribution < -0.4 is 14.8 Å². The summed E-state index contributed by atoms with van der Waals surface area (Å²) in [5.41, 5.74) is 3.10. The van der Waals surface area contributed by atoms with E-state index in [0.29, 0.717) is 30.9 Å². The fourth-order valence-electron chi connectivity index (χ4n) is 4.34. The van der Waals surface area contributed by atoms with Gasteiger partial charge in [0.1, 0.15) is 5.82 Å². The molecular weight excluding hydrogens is 426 g/mol. The number of aryl methyl sites for hydroxylation is 1. The number of rotatable bonds is 15. The van der Waals surface area contributed by atoms with Gasteiger partial charge in [0, 0.05) is 19.5 Å². The Kier molecular flexibility index (Phi) is 10.3. The number of nitrogens with zero attached hydrogens (tertiary/aromatic N) is 2. The maximum atomic E-state index is 12.5. The van der Waals surface area contributed by atoms with E-state index in [1.165, 1.54) is 44.0 Å². The van der Waals surface area contributed by atoms with Crippen molar-refractivity contribution < 1.29 is 14.3 Å². The lowest BCUT2D eigenvalue weighted by atomic mass is 10.1. The van der Waals surface area contributed by atoms with Gasteiger partial charge in [-0.3, -0.25) is 4.79 Å². The number of nitrogens with one attached hydrogen (secondary N) is 1. The second kappa shape index (κ2) is 13.6. The van der Waals surface area contributed by atoms with Crippen molar-refractivity contribution >= 4 is 16.9 Å². The molecule has 0 saturated carbocycles. The SMILES string of the molecule is CCCCCCCCCn1c(CCNC(=O)Cc2ccc(OC)c(OC)c2)nc2ccccc21. The molecule has 184 valence electrons.